The van der Waals surface area contributed by atoms with Crippen molar-refractivity contribution in [3.8, 4) is 10.6 Å². The molecular formula is C11H10BrFN2S. The molecule has 0 spiro atoms. The van der Waals surface area contributed by atoms with Gasteiger partial charge in [0.2, 0.25) is 0 Å². The molecule has 16 heavy (non-hydrogen) atoms. The molecule has 0 unspecified atom stereocenters. The van der Waals surface area contributed by atoms with Crippen LogP contribution in [0.25, 0.3) is 10.6 Å². The van der Waals surface area contributed by atoms with Gasteiger partial charge in [-0.25, -0.2) is 9.37 Å². The summed E-state index contributed by atoms with van der Waals surface area (Å²) in [7, 11) is 0. The smallest absolute Gasteiger partial charge is 0.124 e. The van der Waals surface area contributed by atoms with E-state index in [9.17, 15) is 4.39 Å². The summed E-state index contributed by atoms with van der Waals surface area (Å²) in [6.45, 7) is 0.577. The predicted octanol–water partition coefficient (Wildman–Crippen LogP) is 3.21. The zero-order chi connectivity index (χ0) is 11.5. The summed E-state index contributed by atoms with van der Waals surface area (Å²) in [5.41, 5.74) is 7.20. The molecule has 2 nitrogen and oxygen atoms in total. The van der Waals surface area contributed by atoms with Crippen molar-refractivity contribution in [2.75, 3.05) is 6.54 Å². The second-order valence-corrected chi connectivity index (χ2v) is 5.02. The molecule has 2 aromatic rings. The summed E-state index contributed by atoms with van der Waals surface area (Å²) in [6, 6.07) is 4.59. The second kappa shape index (κ2) is 5.03. The Labute approximate surface area is 105 Å². The van der Waals surface area contributed by atoms with Gasteiger partial charge in [0.15, 0.2) is 0 Å². The van der Waals surface area contributed by atoms with Crippen molar-refractivity contribution in [3.05, 3.63) is 39.6 Å². The summed E-state index contributed by atoms with van der Waals surface area (Å²) in [4.78, 5) is 4.41. The third-order valence-corrected chi connectivity index (χ3v) is 3.73. The monoisotopic (exact) mass is 300 g/mol. The number of halogens is 2. The van der Waals surface area contributed by atoms with Crippen LogP contribution in [0.2, 0.25) is 0 Å². The van der Waals surface area contributed by atoms with E-state index in [0.29, 0.717) is 6.54 Å². The van der Waals surface area contributed by atoms with Crippen molar-refractivity contribution in [2.24, 2.45) is 5.73 Å². The van der Waals surface area contributed by atoms with Crippen LogP contribution in [0.15, 0.2) is 28.1 Å². The molecule has 0 atom stereocenters. The fraction of sp³-hybridized carbons (Fsp3) is 0.182. The van der Waals surface area contributed by atoms with E-state index in [1.54, 1.807) is 6.07 Å². The van der Waals surface area contributed by atoms with Crippen molar-refractivity contribution in [3.63, 3.8) is 0 Å². The summed E-state index contributed by atoms with van der Waals surface area (Å²) in [5.74, 6) is -0.256. The molecule has 2 N–H and O–H groups in total. The first-order valence-corrected chi connectivity index (χ1v) is 6.48. The lowest BCUT2D eigenvalue weighted by Crippen LogP contribution is -2.02. The van der Waals surface area contributed by atoms with Crippen molar-refractivity contribution in [2.45, 2.75) is 6.42 Å². The number of hydrogen-bond donors (Lipinski definition) is 1. The normalized spacial score (nSPS) is 10.7. The zero-order valence-corrected chi connectivity index (χ0v) is 10.8. The lowest BCUT2D eigenvalue weighted by Gasteiger charge is -2.00. The van der Waals surface area contributed by atoms with Gasteiger partial charge in [0.05, 0.1) is 5.69 Å². The van der Waals surface area contributed by atoms with E-state index in [1.165, 1.54) is 23.5 Å². The van der Waals surface area contributed by atoms with Crippen LogP contribution in [0.1, 0.15) is 5.69 Å². The Morgan fingerprint density at radius 1 is 1.44 bits per heavy atom. The first-order chi connectivity index (χ1) is 7.70. The Morgan fingerprint density at radius 2 is 2.25 bits per heavy atom. The van der Waals surface area contributed by atoms with E-state index in [1.807, 2.05) is 5.38 Å². The minimum Gasteiger partial charge on any atom is -0.330 e. The predicted molar refractivity (Wildman–Crippen MR) is 68.0 cm³/mol. The molecule has 0 radical (unpaired) electrons. The lowest BCUT2D eigenvalue weighted by atomic mass is 10.2. The van der Waals surface area contributed by atoms with Gasteiger partial charge in [0, 0.05) is 21.8 Å². The fourth-order valence-electron chi connectivity index (χ4n) is 1.35. The van der Waals surface area contributed by atoms with Gasteiger partial charge in [-0.1, -0.05) is 15.9 Å². The quantitative estimate of drug-likeness (QED) is 0.945. The van der Waals surface area contributed by atoms with Crippen LogP contribution >= 0.6 is 27.3 Å². The van der Waals surface area contributed by atoms with Gasteiger partial charge in [-0.05, 0) is 24.7 Å². The molecule has 2 rings (SSSR count). The highest BCUT2D eigenvalue weighted by atomic mass is 79.9. The van der Waals surface area contributed by atoms with Gasteiger partial charge < -0.3 is 5.73 Å². The molecular weight excluding hydrogens is 291 g/mol. The minimum absolute atomic E-state index is 0.256. The Bertz CT molecular complexity index is 498. The molecule has 0 saturated heterocycles. The number of nitrogens with two attached hydrogens (primary N) is 1. The number of rotatable bonds is 3. The van der Waals surface area contributed by atoms with E-state index in [4.69, 9.17) is 5.73 Å². The second-order valence-electron chi connectivity index (χ2n) is 3.31. The molecule has 5 heteroatoms. The number of benzene rings is 1. The Hall–Kier alpha value is -0.780. The number of thiazole rings is 1. The van der Waals surface area contributed by atoms with Crippen LogP contribution in [-0.2, 0) is 6.42 Å². The summed E-state index contributed by atoms with van der Waals surface area (Å²) >= 11 is 4.89. The van der Waals surface area contributed by atoms with Crippen LogP contribution < -0.4 is 5.73 Å². The third kappa shape index (κ3) is 2.48. The number of nitrogens with zero attached hydrogens (tertiary/aromatic N) is 1. The van der Waals surface area contributed by atoms with Crippen LogP contribution in [0.5, 0.6) is 0 Å². The molecule has 0 saturated carbocycles. The summed E-state index contributed by atoms with van der Waals surface area (Å²) in [6.07, 6.45) is 0.753. The van der Waals surface area contributed by atoms with Crippen LogP contribution in [0.4, 0.5) is 4.39 Å². The van der Waals surface area contributed by atoms with Crippen LogP contribution in [0.3, 0.4) is 0 Å². The van der Waals surface area contributed by atoms with Crippen LogP contribution in [-0.4, -0.2) is 11.5 Å². The number of hydrogen-bond acceptors (Lipinski definition) is 3. The van der Waals surface area contributed by atoms with Crippen molar-refractivity contribution < 1.29 is 4.39 Å². The molecule has 1 aromatic carbocycles. The van der Waals surface area contributed by atoms with E-state index < -0.39 is 0 Å². The molecule has 0 aliphatic heterocycles. The zero-order valence-electron chi connectivity index (χ0n) is 8.41. The Morgan fingerprint density at radius 3 is 3.00 bits per heavy atom. The molecule has 84 valence electrons. The van der Waals surface area contributed by atoms with Crippen molar-refractivity contribution >= 4 is 27.3 Å². The van der Waals surface area contributed by atoms with Gasteiger partial charge in [-0.3, -0.25) is 0 Å². The van der Waals surface area contributed by atoms with E-state index >= 15 is 0 Å². The first-order valence-electron chi connectivity index (χ1n) is 4.80. The van der Waals surface area contributed by atoms with Gasteiger partial charge >= 0.3 is 0 Å². The molecule has 0 aliphatic rings. The van der Waals surface area contributed by atoms with E-state index in [-0.39, 0.29) is 5.82 Å². The average molecular weight is 301 g/mol. The molecule has 1 heterocycles. The maximum absolute atomic E-state index is 13.1. The van der Waals surface area contributed by atoms with Gasteiger partial charge in [0.25, 0.3) is 0 Å². The maximum Gasteiger partial charge on any atom is 0.124 e. The Balaban J connectivity index is 2.38. The lowest BCUT2D eigenvalue weighted by molar-refractivity contribution is 0.628. The largest absolute Gasteiger partial charge is 0.330 e. The SMILES string of the molecule is NCCc1csc(-c2cc(F)ccc2Br)n1. The topological polar surface area (TPSA) is 38.9 Å². The van der Waals surface area contributed by atoms with Crippen molar-refractivity contribution in [1.29, 1.82) is 0 Å². The molecule has 1 aromatic heterocycles. The average Bonchev–Trinajstić information content (AvgIpc) is 2.71. The number of aromatic nitrogens is 1. The van der Waals surface area contributed by atoms with Gasteiger partial charge in [0.1, 0.15) is 10.8 Å². The highest BCUT2D eigenvalue weighted by molar-refractivity contribution is 9.10. The van der Waals surface area contributed by atoms with E-state index in [0.717, 1.165) is 27.2 Å². The van der Waals surface area contributed by atoms with Gasteiger partial charge in [-0.15, -0.1) is 11.3 Å². The molecule has 0 amide bonds. The maximum atomic E-state index is 13.1. The standard InChI is InChI=1S/C11H10BrFN2S/c12-10-2-1-7(13)5-9(10)11-15-8(3-4-14)6-16-11/h1-2,5-6H,3-4,14H2. The van der Waals surface area contributed by atoms with Gasteiger partial charge in [-0.2, -0.15) is 0 Å². The van der Waals surface area contributed by atoms with E-state index in [2.05, 4.69) is 20.9 Å². The molecule has 0 aliphatic carbocycles. The molecule has 0 bridgehead atoms. The van der Waals surface area contributed by atoms with Crippen LogP contribution in [0, 0.1) is 5.82 Å². The van der Waals surface area contributed by atoms with Crippen molar-refractivity contribution in [1.82, 2.24) is 4.98 Å². The fourth-order valence-corrected chi connectivity index (χ4v) is 2.80. The Kier molecular flexibility index (Phi) is 3.68. The summed E-state index contributed by atoms with van der Waals surface area (Å²) < 4.78 is 14.0. The molecule has 0 fully saturated rings. The highest BCUT2D eigenvalue weighted by Crippen LogP contribution is 2.31. The highest BCUT2D eigenvalue weighted by Gasteiger charge is 2.09. The summed E-state index contributed by atoms with van der Waals surface area (Å²) in [5, 5.41) is 2.77. The minimum atomic E-state index is -0.256. The first kappa shape index (κ1) is 11.7. The third-order valence-electron chi connectivity index (χ3n) is 2.11.